The highest BCUT2D eigenvalue weighted by Crippen LogP contribution is 2.32. The molecule has 0 saturated heterocycles. The van der Waals surface area contributed by atoms with Gasteiger partial charge in [0, 0.05) is 12.1 Å². The Labute approximate surface area is 127 Å². The number of nitrogens with zero attached hydrogens (tertiary/aromatic N) is 3. The van der Waals surface area contributed by atoms with Crippen LogP contribution in [0.25, 0.3) is 0 Å². The van der Waals surface area contributed by atoms with Crippen molar-refractivity contribution in [1.29, 1.82) is 0 Å². The second-order valence-electron chi connectivity index (χ2n) is 4.12. The summed E-state index contributed by atoms with van der Waals surface area (Å²) in [5, 5.41) is 1.32. The molecule has 0 radical (unpaired) electrons. The van der Waals surface area contributed by atoms with Crippen molar-refractivity contribution in [2.24, 2.45) is 0 Å². The molecule has 0 saturated carbocycles. The van der Waals surface area contributed by atoms with Crippen LogP contribution in [0.3, 0.4) is 0 Å². The Morgan fingerprint density at radius 3 is 2.47 bits per heavy atom. The van der Waals surface area contributed by atoms with Crippen molar-refractivity contribution in [1.82, 2.24) is 9.97 Å². The maximum Gasteiger partial charge on any atom is 0.224 e. The molecule has 0 N–H and O–H groups in total. The Morgan fingerprint density at radius 1 is 1.11 bits per heavy atom. The van der Waals surface area contributed by atoms with Crippen molar-refractivity contribution in [3.05, 3.63) is 51.4 Å². The summed E-state index contributed by atoms with van der Waals surface area (Å²) in [5.74, 6) is 0.578. The van der Waals surface area contributed by atoms with E-state index in [2.05, 4.69) is 9.97 Å². The zero-order valence-electron chi connectivity index (χ0n) is 10.4. The molecule has 19 heavy (non-hydrogen) atoms. The molecule has 1 atom stereocenters. The van der Waals surface area contributed by atoms with Gasteiger partial charge in [0.25, 0.3) is 0 Å². The SMILES string of the molecule is CC(c1ccccc1Cl)N(C)c1nc(Cl)ncc1Cl. The molecular weight excluding hydrogens is 305 g/mol. The van der Waals surface area contributed by atoms with Crippen molar-refractivity contribution in [3.63, 3.8) is 0 Å². The third-order valence-corrected chi connectivity index (χ3v) is 3.76. The minimum atomic E-state index is 0.0113. The molecule has 2 aromatic rings. The van der Waals surface area contributed by atoms with E-state index in [-0.39, 0.29) is 11.3 Å². The van der Waals surface area contributed by atoms with Gasteiger partial charge in [-0.25, -0.2) is 4.98 Å². The molecule has 0 aliphatic heterocycles. The average Bonchev–Trinajstić information content (AvgIpc) is 2.40. The van der Waals surface area contributed by atoms with Crippen LogP contribution in [0.2, 0.25) is 15.3 Å². The van der Waals surface area contributed by atoms with Crippen LogP contribution in [-0.2, 0) is 0 Å². The largest absolute Gasteiger partial charge is 0.351 e. The smallest absolute Gasteiger partial charge is 0.224 e. The Hall–Kier alpha value is -1.03. The lowest BCUT2D eigenvalue weighted by atomic mass is 10.1. The van der Waals surface area contributed by atoms with E-state index in [1.54, 1.807) is 0 Å². The molecule has 1 heterocycles. The van der Waals surface area contributed by atoms with Crippen molar-refractivity contribution >= 4 is 40.6 Å². The number of hydrogen-bond acceptors (Lipinski definition) is 3. The summed E-state index contributed by atoms with van der Waals surface area (Å²) in [6.07, 6.45) is 1.49. The number of halogens is 3. The van der Waals surface area contributed by atoms with Crippen molar-refractivity contribution in [2.45, 2.75) is 13.0 Å². The molecule has 3 nitrogen and oxygen atoms in total. The Kier molecular flexibility index (Phi) is 4.50. The topological polar surface area (TPSA) is 29.0 Å². The summed E-state index contributed by atoms with van der Waals surface area (Å²) in [4.78, 5) is 9.91. The highest BCUT2D eigenvalue weighted by Gasteiger charge is 2.18. The molecule has 1 aromatic heterocycles. The second-order valence-corrected chi connectivity index (χ2v) is 5.27. The van der Waals surface area contributed by atoms with E-state index in [1.165, 1.54) is 6.20 Å². The fourth-order valence-electron chi connectivity index (χ4n) is 1.79. The maximum absolute atomic E-state index is 6.20. The van der Waals surface area contributed by atoms with Gasteiger partial charge in [-0.1, -0.05) is 41.4 Å². The van der Waals surface area contributed by atoms with Crippen LogP contribution in [0.5, 0.6) is 0 Å². The molecule has 0 bridgehead atoms. The van der Waals surface area contributed by atoms with Crippen LogP contribution in [0.1, 0.15) is 18.5 Å². The Morgan fingerprint density at radius 2 is 1.79 bits per heavy atom. The van der Waals surface area contributed by atoms with Gasteiger partial charge in [-0.3, -0.25) is 0 Å². The normalized spacial score (nSPS) is 12.3. The summed E-state index contributed by atoms with van der Waals surface area (Å²) >= 11 is 18.1. The minimum Gasteiger partial charge on any atom is -0.351 e. The first-order chi connectivity index (χ1) is 9.00. The van der Waals surface area contributed by atoms with Gasteiger partial charge < -0.3 is 4.90 Å². The standard InChI is InChI=1S/C13H12Cl3N3/c1-8(9-5-3-4-6-10(9)14)19(2)12-11(15)7-17-13(16)18-12/h3-8H,1-2H3. The van der Waals surface area contributed by atoms with Crippen molar-refractivity contribution in [2.75, 3.05) is 11.9 Å². The molecular formula is C13H12Cl3N3. The first kappa shape index (κ1) is 14.4. The van der Waals surface area contributed by atoms with Gasteiger partial charge in [0.05, 0.1) is 12.2 Å². The van der Waals surface area contributed by atoms with Gasteiger partial charge in [-0.15, -0.1) is 0 Å². The van der Waals surface area contributed by atoms with E-state index in [4.69, 9.17) is 34.8 Å². The summed E-state index contributed by atoms with van der Waals surface area (Å²) in [7, 11) is 1.89. The van der Waals surface area contributed by atoms with Gasteiger partial charge in [-0.05, 0) is 30.2 Å². The van der Waals surface area contributed by atoms with Crippen LogP contribution in [0, 0.1) is 0 Å². The molecule has 0 spiro atoms. The van der Waals surface area contributed by atoms with Crippen molar-refractivity contribution in [3.8, 4) is 0 Å². The number of aromatic nitrogens is 2. The van der Waals surface area contributed by atoms with E-state index >= 15 is 0 Å². The van der Waals surface area contributed by atoms with Gasteiger partial charge in [0.1, 0.15) is 5.02 Å². The van der Waals surface area contributed by atoms with Crippen LogP contribution < -0.4 is 4.90 Å². The molecule has 1 unspecified atom stereocenters. The first-order valence-electron chi connectivity index (χ1n) is 5.66. The zero-order valence-corrected chi connectivity index (χ0v) is 12.7. The van der Waals surface area contributed by atoms with Gasteiger partial charge in [0.2, 0.25) is 5.28 Å². The monoisotopic (exact) mass is 315 g/mol. The Balaban J connectivity index is 2.36. The molecule has 2 rings (SSSR count). The fourth-order valence-corrected chi connectivity index (χ4v) is 2.44. The quantitative estimate of drug-likeness (QED) is 0.773. The number of hydrogen-bond donors (Lipinski definition) is 0. The minimum absolute atomic E-state index is 0.0113. The molecule has 100 valence electrons. The van der Waals surface area contributed by atoms with Gasteiger partial charge in [0.15, 0.2) is 5.82 Å². The lowest BCUT2D eigenvalue weighted by Crippen LogP contribution is -2.23. The molecule has 1 aromatic carbocycles. The van der Waals surface area contributed by atoms with Gasteiger partial charge >= 0.3 is 0 Å². The van der Waals surface area contributed by atoms with E-state index in [0.717, 1.165) is 5.56 Å². The molecule has 6 heteroatoms. The summed E-state index contributed by atoms with van der Waals surface area (Å²) in [6, 6.07) is 7.68. The van der Waals surface area contributed by atoms with Crippen molar-refractivity contribution < 1.29 is 0 Å². The second kappa shape index (κ2) is 5.95. The molecule has 0 amide bonds. The maximum atomic E-state index is 6.20. The number of anilines is 1. The third-order valence-electron chi connectivity index (χ3n) is 2.97. The summed E-state index contributed by atoms with van der Waals surface area (Å²) in [5.41, 5.74) is 0.998. The first-order valence-corrected chi connectivity index (χ1v) is 6.79. The van der Waals surface area contributed by atoms with Crippen LogP contribution >= 0.6 is 34.8 Å². The van der Waals surface area contributed by atoms with Crippen LogP contribution in [0.15, 0.2) is 30.5 Å². The van der Waals surface area contributed by atoms with E-state index in [0.29, 0.717) is 15.9 Å². The molecule has 0 aliphatic carbocycles. The summed E-state index contributed by atoms with van der Waals surface area (Å²) in [6.45, 7) is 2.02. The highest BCUT2D eigenvalue weighted by molar-refractivity contribution is 6.33. The fraction of sp³-hybridized carbons (Fsp3) is 0.231. The average molecular weight is 317 g/mol. The summed E-state index contributed by atoms with van der Waals surface area (Å²) < 4.78 is 0. The number of benzene rings is 1. The number of rotatable bonds is 3. The van der Waals surface area contributed by atoms with Crippen LogP contribution in [0.4, 0.5) is 5.82 Å². The van der Waals surface area contributed by atoms with E-state index in [9.17, 15) is 0 Å². The Bertz CT molecular complexity index is 589. The van der Waals surface area contributed by atoms with Crippen LogP contribution in [-0.4, -0.2) is 17.0 Å². The van der Waals surface area contributed by atoms with Gasteiger partial charge in [-0.2, -0.15) is 4.98 Å². The predicted molar refractivity (Wildman–Crippen MR) is 80.3 cm³/mol. The van der Waals surface area contributed by atoms with E-state index in [1.807, 2.05) is 43.1 Å². The zero-order chi connectivity index (χ0) is 14.0. The van der Waals surface area contributed by atoms with E-state index < -0.39 is 0 Å². The molecule has 0 fully saturated rings. The third kappa shape index (κ3) is 3.11. The lowest BCUT2D eigenvalue weighted by Gasteiger charge is -2.27. The highest BCUT2D eigenvalue weighted by atomic mass is 35.5. The molecule has 0 aliphatic rings. The predicted octanol–water partition coefficient (Wildman–Crippen LogP) is 4.63. The lowest BCUT2D eigenvalue weighted by molar-refractivity contribution is 0.727.